The van der Waals surface area contributed by atoms with E-state index in [0.717, 1.165) is 25.1 Å². The Labute approximate surface area is 95.5 Å². The Morgan fingerprint density at radius 1 is 1.31 bits per heavy atom. The van der Waals surface area contributed by atoms with Crippen LogP contribution in [0.1, 0.15) is 24.0 Å². The first-order valence-corrected chi connectivity index (χ1v) is 5.88. The van der Waals surface area contributed by atoms with E-state index in [9.17, 15) is 4.39 Å². The summed E-state index contributed by atoms with van der Waals surface area (Å²) in [7, 11) is 0. The Morgan fingerprint density at radius 2 is 2.06 bits per heavy atom. The predicted octanol–water partition coefficient (Wildman–Crippen LogP) is 1.86. The van der Waals surface area contributed by atoms with E-state index in [4.69, 9.17) is 5.11 Å². The van der Waals surface area contributed by atoms with Crippen LogP contribution < -0.4 is 5.32 Å². The van der Waals surface area contributed by atoms with Crippen molar-refractivity contribution in [2.75, 3.05) is 13.1 Å². The number of halogens is 1. The van der Waals surface area contributed by atoms with Gasteiger partial charge in [-0.25, -0.2) is 4.39 Å². The SMILES string of the molecule is OCc1cc(CC2CCNCC2)ccc1F. The van der Waals surface area contributed by atoms with Crippen molar-refractivity contribution in [1.82, 2.24) is 5.32 Å². The minimum Gasteiger partial charge on any atom is -0.392 e. The van der Waals surface area contributed by atoms with Crippen LogP contribution in [0.4, 0.5) is 4.39 Å². The van der Waals surface area contributed by atoms with Gasteiger partial charge in [-0.05, 0) is 49.9 Å². The van der Waals surface area contributed by atoms with E-state index in [0.29, 0.717) is 11.5 Å². The highest BCUT2D eigenvalue weighted by molar-refractivity contribution is 5.25. The van der Waals surface area contributed by atoms with E-state index in [1.807, 2.05) is 6.07 Å². The highest BCUT2D eigenvalue weighted by Crippen LogP contribution is 2.19. The summed E-state index contributed by atoms with van der Waals surface area (Å²) in [6.45, 7) is 1.95. The fourth-order valence-electron chi connectivity index (χ4n) is 2.30. The topological polar surface area (TPSA) is 32.3 Å². The summed E-state index contributed by atoms with van der Waals surface area (Å²) >= 11 is 0. The number of benzene rings is 1. The zero-order valence-corrected chi connectivity index (χ0v) is 9.38. The quantitative estimate of drug-likeness (QED) is 0.819. The van der Waals surface area contributed by atoms with Crippen LogP contribution >= 0.6 is 0 Å². The average Bonchev–Trinajstić information content (AvgIpc) is 2.33. The molecule has 1 heterocycles. The Morgan fingerprint density at radius 3 is 2.75 bits per heavy atom. The second-order valence-electron chi connectivity index (χ2n) is 4.48. The van der Waals surface area contributed by atoms with Crippen LogP contribution in [0.25, 0.3) is 0 Å². The van der Waals surface area contributed by atoms with Crippen molar-refractivity contribution in [2.24, 2.45) is 5.92 Å². The van der Waals surface area contributed by atoms with Crippen LogP contribution in [0.15, 0.2) is 18.2 Å². The molecule has 0 amide bonds. The summed E-state index contributed by atoms with van der Waals surface area (Å²) in [5, 5.41) is 12.3. The number of hydrogen-bond donors (Lipinski definition) is 2. The molecule has 3 heteroatoms. The van der Waals surface area contributed by atoms with E-state index in [1.165, 1.54) is 18.9 Å². The fourth-order valence-corrected chi connectivity index (χ4v) is 2.30. The van der Waals surface area contributed by atoms with Gasteiger partial charge in [-0.15, -0.1) is 0 Å². The highest BCUT2D eigenvalue weighted by Gasteiger charge is 2.14. The van der Waals surface area contributed by atoms with Crippen LogP contribution in [0.5, 0.6) is 0 Å². The highest BCUT2D eigenvalue weighted by atomic mass is 19.1. The molecular weight excluding hydrogens is 205 g/mol. The molecule has 1 aromatic carbocycles. The molecule has 88 valence electrons. The zero-order chi connectivity index (χ0) is 11.4. The number of nitrogens with one attached hydrogen (secondary N) is 1. The van der Waals surface area contributed by atoms with Crippen LogP contribution in [-0.4, -0.2) is 18.2 Å². The third-order valence-electron chi connectivity index (χ3n) is 3.26. The van der Waals surface area contributed by atoms with Crippen molar-refractivity contribution in [3.8, 4) is 0 Å². The number of aliphatic hydroxyl groups is 1. The number of hydrogen-bond acceptors (Lipinski definition) is 2. The standard InChI is InChI=1S/C13H18FNO/c14-13-2-1-11(8-12(13)9-16)7-10-3-5-15-6-4-10/h1-2,8,10,15-16H,3-7,9H2. The number of aliphatic hydroxyl groups excluding tert-OH is 1. The Balaban J connectivity index is 2.03. The minimum absolute atomic E-state index is 0.216. The lowest BCUT2D eigenvalue weighted by atomic mass is 9.90. The van der Waals surface area contributed by atoms with Gasteiger partial charge in [0, 0.05) is 5.56 Å². The third kappa shape index (κ3) is 2.80. The van der Waals surface area contributed by atoms with Gasteiger partial charge in [0.25, 0.3) is 0 Å². The first-order chi connectivity index (χ1) is 7.79. The molecule has 0 aliphatic carbocycles. The lowest BCUT2D eigenvalue weighted by Crippen LogP contribution is -2.28. The van der Waals surface area contributed by atoms with Gasteiger partial charge in [0.1, 0.15) is 5.82 Å². The van der Waals surface area contributed by atoms with Gasteiger partial charge in [0.05, 0.1) is 6.61 Å². The van der Waals surface area contributed by atoms with E-state index in [2.05, 4.69) is 5.32 Å². The van der Waals surface area contributed by atoms with E-state index >= 15 is 0 Å². The maximum atomic E-state index is 13.2. The molecule has 1 aliphatic rings. The van der Waals surface area contributed by atoms with Gasteiger partial charge in [-0.3, -0.25) is 0 Å². The first kappa shape index (κ1) is 11.6. The van der Waals surface area contributed by atoms with Gasteiger partial charge < -0.3 is 10.4 Å². The molecule has 0 radical (unpaired) electrons. The number of piperidine rings is 1. The summed E-state index contributed by atoms with van der Waals surface area (Å²) in [6.07, 6.45) is 3.37. The monoisotopic (exact) mass is 223 g/mol. The molecule has 1 fully saturated rings. The van der Waals surface area contributed by atoms with E-state index in [-0.39, 0.29) is 12.4 Å². The molecule has 2 rings (SSSR count). The molecule has 1 aliphatic heterocycles. The molecular formula is C13H18FNO. The molecule has 0 unspecified atom stereocenters. The summed E-state index contributed by atoms with van der Waals surface area (Å²) < 4.78 is 13.2. The second-order valence-corrected chi connectivity index (χ2v) is 4.48. The minimum atomic E-state index is -0.309. The van der Waals surface area contributed by atoms with Gasteiger partial charge >= 0.3 is 0 Å². The van der Waals surface area contributed by atoms with Crippen molar-refractivity contribution >= 4 is 0 Å². The zero-order valence-electron chi connectivity index (χ0n) is 9.38. The number of rotatable bonds is 3. The summed E-state index contributed by atoms with van der Waals surface area (Å²) in [5.41, 5.74) is 1.55. The second kappa shape index (κ2) is 5.41. The molecule has 0 bridgehead atoms. The van der Waals surface area contributed by atoms with E-state index < -0.39 is 0 Å². The molecule has 0 atom stereocenters. The van der Waals surface area contributed by atoms with Crippen molar-refractivity contribution in [1.29, 1.82) is 0 Å². The molecule has 1 aromatic rings. The van der Waals surface area contributed by atoms with Crippen molar-refractivity contribution in [2.45, 2.75) is 25.9 Å². The van der Waals surface area contributed by atoms with Crippen LogP contribution in [0.3, 0.4) is 0 Å². The smallest absolute Gasteiger partial charge is 0.128 e. The molecule has 16 heavy (non-hydrogen) atoms. The lowest BCUT2D eigenvalue weighted by Gasteiger charge is -2.22. The predicted molar refractivity (Wildman–Crippen MR) is 61.6 cm³/mol. The molecule has 1 saturated heterocycles. The fraction of sp³-hybridized carbons (Fsp3) is 0.538. The first-order valence-electron chi connectivity index (χ1n) is 5.88. The summed E-state index contributed by atoms with van der Waals surface area (Å²) in [4.78, 5) is 0. The van der Waals surface area contributed by atoms with Gasteiger partial charge in [0.2, 0.25) is 0 Å². The Hall–Kier alpha value is -0.930. The lowest BCUT2D eigenvalue weighted by molar-refractivity contribution is 0.275. The Kier molecular flexibility index (Phi) is 3.91. The molecule has 0 saturated carbocycles. The maximum absolute atomic E-state index is 13.2. The van der Waals surface area contributed by atoms with Gasteiger partial charge in [-0.1, -0.05) is 12.1 Å². The molecule has 2 N–H and O–H groups in total. The Bertz CT molecular complexity index is 348. The largest absolute Gasteiger partial charge is 0.392 e. The molecule has 0 aromatic heterocycles. The van der Waals surface area contributed by atoms with Crippen LogP contribution in [-0.2, 0) is 13.0 Å². The van der Waals surface area contributed by atoms with Crippen molar-refractivity contribution in [3.05, 3.63) is 35.1 Å². The van der Waals surface area contributed by atoms with Crippen LogP contribution in [0.2, 0.25) is 0 Å². The summed E-state index contributed by atoms with van der Waals surface area (Å²) in [6, 6.07) is 5.08. The van der Waals surface area contributed by atoms with Crippen LogP contribution in [0, 0.1) is 11.7 Å². The molecule has 2 nitrogen and oxygen atoms in total. The maximum Gasteiger partial charge on any atom is 0.128 e. The third-order valence-corrected chi connectivity index (χ3v) is 3.26. The van der Waals surface area contributed by atoms with Gasteiger partial charge in [0.15, 0.2) is 0 Å². The van der Waals surface area contributed by atoms with E-state index in [1.54, 1.807) is 6.07 Å². The average molecular weight is 223 g/mol. The summed E-state index contributed by atoms with van der Waals surface area (Å²) in [5.74, 6) is 0.384. The normalized spacial score (nSPS) is 17.6. The van der Waals surface area contributed by atoms with Crippen molar-refractivity contribution in [3.63, 3.8) is 0 Å². The molecule has 0 spiro atoms. The van der Waals surface area contributed by atoms with Crippen molar-refractivity contribution < 1.29 is 9.50 Å². The van der Waals surface area contributed by atoms with Gasteiger partial charge in [-0.2, -0.15) is 0 Å².